The van der Waals surface area contributed by atoms with E-state index in [0.717, 1.165) is 13.1 Å². The lowest BCUT2D eigenvalue weighted by atomic mass is 10.1. The molecular weight excluding hydrogens is 270 g/mol. The van der Waals surface area contributed by atoms with Gasteiger partial charge in [-0.25, -0.2) is 0 Å². The fraction of sp³-hybridized carbons (Fsp3) is 0.467. The number of rotatable bonds is 3. The van der Waals surface area contributed by atoms with E-state index in [1.165, 1.54) is 6.92 Å². The van der Waals surface area contributed by atoms with Crippen molar-refractivity contribution in [3.8, 4) is 0 Å². The molecule has 1 amide bonds. The predicted molar refractivity (Wildman–Crippen MR) is 79.4 cm³/mol. The van der Waals surface area contributed by atoms with Gasteiger partial charge in [-0.3, -0.25) is 9.59 Å². The first-order chi connectivity index (χ1) is 9.97. The normalized spacial score (nSPS) is 17.3. The lowest BCUT2D eigenvalue weighted by Crippen LogP contribution is -2.49. The summed E-state index contributed by atoms with van der Waals surface area (Å²) in [6, 6.07) is 6.83. The van der Waals surface area contributed by atoms with E-state index in [4.69, 9.17) is 10.5 Å². The minimum absolute atomic E-state index is 0.178. The van der Waals surface area contributed by atoms with E-state index < -0.39 is 12.1 Å². The standard InChI is InChI=1S/C15H21N3O3/c1-11(19)21-14(12-3-5-13(16)6-4-12)15(20)18-9-7-17(2)8-10-18/h3-6,14H,7-10,16H2,1-2H3. The van der Waals surface area contributed by atoms with Gasteiger partial charge in [0.15, 0.2) is 0 Å². The predicted octanol–water partition coefficient (Wildman–Crippen LogP) is 0.647. The van der Waals surface area contributed by atoms with Crippen molar-refractivity contribution < 1.29 is 14.3 Å². The molecule has 0 aliphatic carbocycles. The topological polar surface area (TPSA) is 75.9 Å². The fourth-order valence-electron chi connectivity index (χ4n) is 2.29. The average molecular weight is 291 g/mol. The van der Waals surface area contributed by atoms with E-state index in [1.807, 2.05) is 7.05 Å². The Bertz CT molecular complexity index is 507. The number of benzene rings is 1. The minimum atomic E-state index is -0.897. The second kappa shape index (κ2) is 6.58. The third kappa shape index (κ3) is 3.95. The largest absolute Gasteiger partial charge is 0.447 e. The van der Waals surface area contributed by atoms with E-state index in [2.05, 4.69) is 4.90 Å². The summed E-state index contributed by atoms with van der Waals surface area (Å²) in [5, 5.41) is 0. The van der Waals surface area contributed by atoms with Crippen molar-refractivity contribution in [2.45, 2.75) is 13.0 Å². The van der Waals surface area contributed by atoms with E-state index in [0.29, 0.717) is 24.3 Å². The zero-order valence-electron chi connectivity index (χ0n) is 12.4. The molecule has 114 valence electrons. The summed E-state index contributed by atoms with van der Waals surface area (Å²) in [5.41, 5.74) is 6.90. The van der Waals surface area contributed by atoms with Gasteiger partial charge in [0.1, 0.15) is 0 Å². The van der Waals surface area contributed by atoms with E-state index in [1.54, 1.807) is 29.2 Å². The molecule has 0 aromatic heterocycles. The number of nitrogens with zero attached hydrogens (tertiary/aromatic N) is 2. The third-order valence-corrected chi connectivity index (χ3v) is 3.56. The van der Waals surface area contributed by atoms with Crippen LogP contribution < -0.4 is 5.73 Å². The van der Waals surface area contributed by atoms with Crippen molar-refractivity contribution in [1.29, 1.82) is 0 Å². The molecule has 21 heavy (non-hydrogen) atoms. The van der Waals surface area contributed by atoms with Crippen molar-refractivity contribution in [2.24, 2.45) is 0 Å². The molecule has 1 aromatic rings. The molecule has 0 spiro atoms. The Labute approximate surface area is 124 Å². The highest BCUT2D eigenvalue weighted by molar-refractivity contribution is 5.85. The van der Waals surface area contributed by atoms with Gasteiger partial charge < -0.3 is 20.3 Å². The Hall–Kier alpha value is -2.08. The molecule has 6 heteroatoms. The van der Waals surface area contributed by atoms with Crippen LogP contribution in [-0.4, -0.2) is 54.9 Å². The summed E-state index contributed by atoms with van der Waals surface area (Å²) in [6.07, 6.45) is -0.897. The lowest BCUT2D eigenvalue weighted by molar-refractivity contribution is -0.160. The number of carbonyl (C=O) groups is 2. The molecule has 1 aliphatic heterocycles. The highest BCUT2D eigenvalue weighted by Gasteiger charge is 2.30. The molecule has 1 fully saturated rings. The smallest absolute Gasteiger partial charge is 0.303 e. The van der Waals surface area contributed by atoms with Crippen LogP contribution in [0.1, 0.15) is 18.6 Å². The van der Waals surface area contributed by atoms with Crippen LogP contribution >= 0.6 is 0 Å². The second-order valence-electron chi connectivity index (χ2n) is 5.28. The first-order valence-corrected chi connectivity index (χ1v) is 6.97. The molecule has 1 aromatic carbocycles. The number of amides is 1. The van der Waals surface area contributed by atoms with Crippen molar-refractivity contribution in [3.05, 3.63) is 29.8 Å². The molecule has 2 N–H and O–H groups in total. The quantitative estimate of drug-likeness (QED) is 0.653. The molecule has 0 radical (unpaired) electrons. The number of ether oxygens (including phenoxy) is 1. The molecule has 1 heterocycles. The number of hydrogen-bond acceptors (Lipinski definition) is 5. The summed E-state index contributed by atoms with van der Waals surface area (Å²) >= 11 is 0. The van der Waals surface area contributed by atoms with Crippen molar-refractivity contribution in [2.75, 3.05) is 39.0 Å². The zero-order valence-corrected chi connectivity index (χ0v) is 12.4. The van der Waals surface area contributed by atoms with Crippen LogP contribution in [0.15, 0.2) is 24.3 Å². The zero-order chi connectivity index (χ0) is 15.4. The Morgan fingerprint density at radius 2 is 1.71 bits per heavy atom. The number of nitrogen functional groups attached to an aromatic ring is 1. The Kier molecular flexibility index (Phi) is 4.80. The summed E-state index contributed by atoms with van der Waals surface area (Å²) in [6.45, 7) is 4.23. The first-order valence-electron chi connectivity index (χ1n) is 6.97. The molecule has 0 bridgehead atoms. The van der Waals surface area contributed by atoms with Gasteiger partial charge in [0.25, 0.3) is 5.91 Å². The number of likely N-dealkylation sites (N-methyl/N-ethyl adjacent to an activating group) is 1. The van der Waals surface area contributed by atoms with Crippen molar-refractivity contribution in [3.63, 3.8) is 0 Å². The van der Waals surface area contributed by atoms with Gasteiger partial charge in [0.05, 0.1) is 0 Å². The third-order valence-electron chi connectivity index (χ3n) is 3.56. The molecule has 1 saturated heterocycles. The van der Waals surface area contributed by atoms with Crippen LogP contribution in [0.25, 0.3) is 0 Å². The SMILES string of the molecule is CC(=O)OC(C(=O)N1CCN(C)CC1)c1ccc(N)cc1. The van der Waals surface area contributed by atoms with E-state index in [-0.39, 0.29) is 5.91 Å². The average Bonchev–Trinajstić information content (AvgIpc) is 2.46. The Morgan fingerprint density at radius 1 is 1.14 bits per heavy atom. The number of nitrogens with two attached hydrogens (primary N) is 1. The Morgan fingerprint density at radius 3 is 2.24 bits per heavy atom. The van der Waals surface area contributed by atoms with Gasteiger partial charge in [-0.1, -0.05) is 12.1 Å². The highest BCUT2D eigenvalue weighted by Crippen LogP contribution is 2.22. The van der Waals surface area contributed by atoms with Gasteiger partial charge in [-0.05, 0) is 19.2 Å². The van der Waals surface area contributed by atoms with Crippen LogP contribution in [-0.2, 0) is 14.3 Å². The maximum absolute atomic E-state index is 12.6. The monoisotopic (exact) mass is 291 g/mol. The molecule has 1 atom stereocenters. The van der Waals surface area contributed by atoms with Gasteiger partial charge >= 0.3 is 5.97 Å². The number of piperazine rings is 1. The second-order valence-corrected chi connectivity index (χ2v) is 5.28. The van der Waals surface area contributed by atoms with Crippen LogP contribution in [0.2, 0.25) is 0 Å². The Balaban J connectivity index is 2.17. The van der Waals surface area contributed by atoms with Crippen LogP contribution in [0.3, 0.4) is 0 Å². The highest BCUT2D eigenvalue weighted by atomic mass is 16.5. The van der Waals surface area contributed by atoms with Crippen LogP contribution in [0.5, 0.6) is 0 Å². The van der Waals surface area contributed by atoms with Crippen molar-refractivity contribution >= 4 is 17.6 Å². The van der Waals surface area contributed by atoms with Crippen molar-refractivity contribution in [1.82, 2.24) is 9.80 Å². The molecule has 0 saturated carbocycles. The van der Waals surface area contributed by atoms with Crippen LogP contribution in [0.4, 0.5) is 5.69 Å². The maximum Gasteiger partial charge on any atom is 0.303 e. The number of anilines is 1. The summed E-state index contributed by atoms with van der Waals surface area (Å²) in [4.78, 5) is 27.8. The summed E-state index contributed by atoms with van der Waals surface area (Å²) in [7, 11) is 2.02. The van der Waals surface area contributed by atoms with Gasteiger partial charge in [-0.2, -0.15) is 0 Å². The van der Waals surface area contributed by atoms with Gasteiger partial charge in [0, 0.05) is 44.4 Å². The fourth-order valence-corrected chi connectivity index (χ4v) is 2.29. The molecular formula is C15H21N3O3. The maximum atomic E-state index is 12.6. The van der Waals surface area contributed by atoms with E-state index >= 15 is 0 Å². The van der Waals surface area contributed by atoms with Gasteiger partial charge in [-0.15, -0.1) is 0 Å². The van der Waals surface area contributed by atoms with Crippen LogP contribution in [0, 0.1) is 0 Å². The summed E-state index contributed by atoms with van der Waals surface area (Å²) in [5.74, 6) is -0.651. The molecule has 1 unspecified atom stereocenters. The number of carbonyl (C=O) groups excluding carboxylic acids is 2. The van der Waals surface area contributed by atoms with E-state index in [9.17, 15) is 9.59 Å². The van der Waals surface area contributed by atoms with Gasteiger partial charge in [0.2, 0.25) is 6.10 Å². The first kappa shape index (κ1) is 15.3. The molecule has 1 aliphatic rings. The molecule has 6 nitrogen and oxygen atoms in total. The lowest BCUT2D eigenvalue weighted by Gasteiger charge is -2.34. The molecule has 2 rings (SSSR count). The number of esters is 1. The summed E-state index contributed by atoms with van der Waals surface area (Å²) < 4.78 is 5.23. The minimum Gasteiger partial charge on any atom is -0.447 e. The number of hydrogen-bond donors (Lipinski definition) is 1.